The Morgan fingerprint density at radius 2 is 1.86 bits per heavy atom. The minimum absolute atomic E-state index is 0.257. The summed E-state index contributed by atoms with van der Waals surface area (Å²) in [5.74, 6) is -0.328. The molecule has 0 saturated carbocycles. The van der Waals surface area contributed by atoms with E-state index in [1.54, 1.807) is 32.9 Å². The summed E-state index contributed by atoms with van der Waals surface area (Å²) in [6, 6.07) is 4.66. The van der Waals surface area contributed by atoms with Gasteiger partial charge in [-0.1, -0.05) is 11.6 Å². The van der Waals surface area contributed by atoms with E-state index < -0.39 is 11.7 Å². The van der Waals surface area contributed by atoms with Crippen LogP contribution in [-0.4, -0.2) is 30.7 Å². The molecule has 7 heteroatoms. The van der Waals surface area contributed by atoms with Crippen molar-refractivity contribution in [1.29, 1.82) is 0 Å². The van der Waals surface area contributed by atoms with Crippen molar-refractivity contribution >= 4 is 29.3 Å². The van der Waals surface area contributed by atoms with Crippen LogP contribution in [0.3, 0.4) is 0 Å². The maximum absolute atomic E-state index is 11.9. The van der Waals surface area contributed by atoms with E-state index in [-0.39, 0.29) is 24.0 Å². The number of benzene rings is 1. The molecular weight excluding hydrogens is 294 g/mol. The Morgan fingerprint density at radius 1 is 1.24 bits per heavy atom. The molecule has 1 aromatic rings. The van der Waals surface area contributed by atoms with Gasteiger partial charge >= 0.3 is 6.09 Å². The monoisotopic (exact) mass is 313 g/mol. The molecule has 2 amide bonds. The van der Waals surface area contributed by atoms with Gasteiger partial charge in [-0.05, 0) is 39.0 Å². The lowest BCUT2D eigenvalue weighted by molar-refractivity contribution is 0.0526. The van der Waals surface area contributed by atoms with Crippen LogP contribution in [0.4, 0.5) is 10.5 Å². The Hall–Kier alpha value is -1.95. The van der Waals surface area contributed by atoms with E-state index in [0.717, 1.165) is 0 Å². The van der Waals surface area contributed by atoms with Crippen molar-refractivity contribution in [2.24, 2.45) is 0 Å². The zero-order valence-electron chi connectivity index (χ0n) is 12.3. The van der Waals surface area contributed by atoms with Crippen LogP contribution in [0.2, 0.25) is 5.02 Å². The Morgan fingerprint density at radius 3 is 2.43 bits per heavy atom. The summed E-state index contributed by atoms with van der Waals surface area (Å²) < 4.78 is 5.06. The maximum atomic E-state index is 11.9. The number of hydrogen-bond acceptors (Lipinski definition) is 4. The molecule has 0 atom stereocenters. The van der Waals surface area contributed by atoms with Crippen molar-refractivity contribution in [3.63, 3.8) is 0 Å². The largest absolute Gasteiger partial charge is 0.444 e. The zero-order chi connectivity index (χ0) is 16.0. The summed E-state index contributed by atoms with van der Waals surface area (Å²) in [4.78, 5) is 23.3. The number of nitrogen functional groups attached to an aromatic ring is 1. The summed E-state index contributed by atoms with van der Waals surface area (Å²) in [7, 11) is 0. The van der Waals surface area contributed by atoms with E-state index in [2.05, 4.69) is 10.6 Å². The number of nitrogens with one attached hydrogen (secondary N) is 2. The third-order valence-electron chi connectivity index (χ3n) is 2.32. The smallest absolute Gasteiger partial charge is 0.407 e. The van der Waals surface area contributed by atoms with Gasteiger partial charge in [-0.15, -0.1) is 0 Å². The van der Waals surface area contributed by atoms with E-state index in [1.807, 2.05) is 0 Å². The lowest BCUT2D eigenvalue weighted by Crippen LogP contribution is -2.37. The molecule has 0 aromatic heterocycles. The molecule has 0 aliphatic heterocycles. The van der Waals surface area contributed by atoms with Crippen molar-refractivity contribution in [3.8, 4) is 0 Å². The SMILES string of the molecule is CC(C)(C)OC(=O)NCCNC(=O)c1ccc(N)cc1Cl. The molecule has 0 aliphatic carbocycles. The summed E-state index contributed by atoms with van der Waals surface area (Å²) in [6.45, 7) is 5.85. The minimum Gasteiger partial charge on any atom is -0.444 e. The van der Waals surface area contributed by atoms with Crippen molar-refractivity contribution in [1.82, 2.24) is 10.6 Å². The van der Waals surface area contributed by atoms with Gasteiger partial charge in [-0.3, -0.25) is 4.79 Å². The third kappa shape index (κ3) is 6.35. The first-order valence-corrected chi connectivity index (χ1v) is 6.87. The van der Waals surface area contributed by atoms with Gasteiger partial charge in [0.25, 0.3) is 5.91 Å². The maximum Gasteiger partial charge on any atom is 0.407 e. The van der Waals surface area contributed by atoms with E-state index in [4.69, 9.17) is 22.1 Å². The van der Waals surface area contributed by atoms with Crippen molar-refractivity contribution in [2.45, 2.75) is 26.4 Å². The van der Waals surface area contributed by atoms with Crippen LogP contribution in [-0.2, 0) is 4.74 Å². The van der Waals surface area contributed by atoms with Crippen LogP contribution >= 0.6 is 11.6 Å². The van der Waals surface area contributed by atoms with Gasteiger partial charge in [-0.2, -0.15) is 0 Å². The highest BCUT2D eigenvalue weighted by Gasteiger charge is 2.15. The standard InChI is InChI=1S/C14H20ClN3O3/c1-14(2,3)21-13(20)18-7-6-17-12(19)10-5-4-9(16)8-11(10)15/h4-5,8H,6-7,16H2,1-3H3,(H,17,19)(H,18,20). The highest BCUT2D eigenvalue weighted by molar-refractivity contribution is 6.34. The molecule has 0 bridgehead atoms. The quantitative estimate of drug-likeness (QED) is 0.586. The first kappa shape index (κ1) is 17.1. The highest BCUT2D eigenvalue weighted by atomic mass is 35.5. The lowest BCUT2D eigenvalue weighted by Gasteiger charge is -2.19. The number of carbonyl (C=O) groups is 2. The number of halogens is 1. The average molecular weight is 314 g/mol. The minimum atomic E-state index is -0.551. The van der Waals surface area contributed by atoms with Crippen molar-refractivity contribution in [3.05, 3.63) is 28.8 Å². The third-order valence-corrected chi connectivity index (χ3v) is 2.63. The van der Waals surface area contributed by atoms with Crippen LogP contribution in [0.25, 0.3) is 0 Å². The van der Waals surface area contributed by atoms with Crippen LogP contribution < -0.4 is 16.4 Å². The first-order chi connectivity index (χ1) is 9.69. The Bertz CT molecular complexity index is 527. The average Bonchev–Trinajstić information content (AvgIpc) is 2.32. The molecule has 0 saturated heterocycles. The Kier molecular flexibility index (Phi) is 5.84. The summed E-state index contributed by atoms with van der Waals surface area (Å²) >= 11 is 5.93. The van der Waals surface area contributed by atoms with Gasteiger partial charge in [0.05, 0.1) is 10.6 Å². The molecule has 6 nitrogen and oxygen atoms in total. The topological polar surface area (TPSA) is 93.5 Å². The molecule has 0 spiro atoms. The van der Waals surface area contributed by atoms with Gasteiger partial charge in [-0.25, -0.2) is 4.79 Å². The van der Waals surface area contributed by atoms with Crippen LogP contribution in [0.5, 0.6) is 0 Å². The molecule has 4 N–H and O–H groups in total. The molecular formula is C14H20ClN3O3. The summed E-state index contributed by atoms with van der Waals surface area (Å²) in [5, 5.41) is 5.47. The predicted octanol–water partition coefficient (Wildman–Crippen LogP) is 2.18. The number of carbonyl (C=O) groups excluding carboxylic acids is 2. The van der Waals surface area contributed by atoms with Crippen molar-refractivity contribution < 1.29 is 14.3 Å². The van der Waals surface area contributed by atoms with Gasteiger partial charge < -0.3 is 21.1 Å². The molecule has 0 aliphatic rings. The first-order valence-electron chi connectivity index (χ1n) is 6.49. The molecule has 1 aromatic carbocycles. The molecule has 0 unspecified atom stereocenters. The molecule has 0 fully saturated rings. The fourth-order valence-electron chi connectivity index (χ4n) is 1.47. The predicted molar refractivity (Wildman–Crippen MR) is 82.4 cm³/mol. The summed E-state index contributed by atoms with van der Waals surface area (Å²) in [5.41, 5.74) is 5.83. The van der Waals surface area contributed by atoms with Gasteiger partial charge in [0.15, 0.2) is 0 Å². The second-order valence-corrected chi connectivity index (χ2v) is 5.83. The highest BCUT2D eigenvalue weighted by Crippen LogP contribution is 2.18. The van der Waals surface area contributed by atoms with E-state index in [1.165, 1.54) is 6.07 Å². The molecule has 21 heavy (non-hydrogen) atoms. The van der Waals surface area contributed by atoms with Crippen LogP contribution in [0, 0.1) is 0 Å². The molecule has 116 valence electrons. The lowest BCUT2D eigenvalue weighted by atomic mass is 10.2. The normalized spacial score (nSPS) is 10.9. The number of nitrogens with two attached hydrogens (primary N) is 1. The number of alkyl carbamates (subject to hydrolysis) is 1. The zero-order valence-corrected chi connectivity index (χ0v) is 13.1. The second-order valence-electron chi connectivity index (χ2n) is 5.42. The van der Waals surface area contributed by atoms with Crippen LogP contribution in [0.15, 0.2) is 18.2 Å². The van der Waals surface area contributed by atoms with E-state index in [0.29, 0.717) is 11.3 Å². The van der Waals surface area contributed by atoms with Gasteiger partial charge in [0.2, 0.25) is 0 Å². The fraction of sp³-hybridized carbons (Fsp3) is 0.429. The number of amides is 2. The van der Waals surface area contributed by atoms with Gasteiger partial charge in [0.1, 0.15) is 5.60 Å². The van der Waals surface area contributed by atoms with E-state index in [9.17, 15) is 9.59 Å². The molecule has 0 heterocycles. The second kappa shape index (κ2) is 7.17. The Balaban J connectivity index is 2.36. The van der Waals surface area contributed by atoms with Crippen molar-refractivity contribution in [2.75, 3.05) is 18.8 Å². The van der Waals surface area contributed by atoms with E-state index >= 15 is 0 Å². The number of hydrogen-bond donors (Lipinski definition) is 3. The number of rotatable bonds is 4. The summed E-state index contributed by atoms with van der Waals surface area (Å²) in [6.07, 6.45) is -0.526. The molecule has 0 radical (unpaired) electrons. The number of anilines is 1. The van der Waals surface area contributed by atoms with Crippen LogP contribution in [0.1, 0.15) is 31.1 Å². The fourth-order valence-corrected chi connectivity index (χ4v) is 1.74. The Labute approximate surface area is 129 Å². The molecule has 1 rings (SSSR count). The number of ether oxygens (including phenoxy) is 1. The van der Waals surface area contributed by atoms with Gasteiger partial charge in [0, 0.05) is 18.8 Å².